The normalized spacial score (nSPS) is 24.8. The number of amides is 1. The fourth-order valence-corrected chi connectivity index (χ4v) is 6.06. The minimum absolute atomic E-state index is 0.216. The lowest BCUT2D eigenvalue weighted by atomic mass is 10.2. The first-order chi connectivity index (χ1) is 12.9. The highest BCUT2D eigenvalue weighted by Crippen LogP contribution is 2.58. The summed E-state index contributed by atoms with van der Waals surface area (Å²) in [5.74, 6) is 0.254. The first-order valence-corrected chi connectivity index (χ1v) is 9.99. The highest BCUT2D eigenvalue weighted by molar-refractivity contribution is 7.95. The van der Waals surface area contributed by atoms with E-state index in [9.17, 15) is 13.2 Å². The van der Waals surface area contributed by atoms with Crippen LogP contribution in [-0.4, -0.2) is 39.8 Å². The molecule has 0 radical (unpaired) electrons. The minimum Gasteiger partial charge on any atom is -0.497 e. The van der Waals surface area contributed by atoms with Crippen LogP contribution in [0.5, 0.6) is 11.5 Å². The molecule has 2 aromatic carbocycles. The second kappa shape index (κ2) is 6.16. The first kappa shape index (κ1) is 17.7. The molecule has 2 atom stereocenters. The predicted octanol–water partition coefficient (Wildman–Crippen LogP) is 2.25. The Balaban J connectivity index is 1.62. The Labute approximate surface area is 157 Å². The van der Waals surface area contributed by atoms with Crippen LogP contribution < -0.4 is 19.1 Å². The number of methoxy groups -OCH3 is 2. The summed E-state index contributed by atoms with van der Waals surface area (Å²) >= 11 is 0. The number of anilines is 2. The Hall–Kier alpha value is -2.74. The number of carbonyl (C=O) groups excluding carboxylic acids is 1. The first-order valence-electron chi connectivity index (χ1n) is 8.55. The van der Waals surface area contributed by atoms with E-state index in [1.807, 2.05) is 6.07 Å². The van der Waals surface area contributed by atoms with Crippen LogP contribution in [0.3, 0.4) is 0 Å². The quantitative estimate of drug-likeness (QED) is 0.849. The van der Waals surface area contributed by atoms with Crippen molar-refractivity contribution in [2.75, 3.05) is 30.4 Å². The number of sulfonamides is 1. The number of carbonyl (C=O) groups is 1. The average molecular weight is 388 g/mol. The molecule has 0 unspecified atom stereocenters. The maximum absolute atomic E-state index is 13.2. The number of hydrogen-bond acceptors (Lipinski definition) is 5. The van der Waals surface area contributed by atoms with Crippen molar-refractivity contribution in [1.82, 2.24) is 0 Å². The van der Waals surface area contributed by atoms with E-state index in [0.717, 1.165) is 0 Å². The zero-order valence-corrected chi connectivity index (χ0v) is 15.8. The Morgan fingerprint density at radius 2 is 1.89 bits per heavy atom. The van der Waals surface area contributed by atoms with Gasteiger partial charge in [0, 0.05) is 18.5 Å². The zero-order chi connectivity index (χ0) is 19.2. The zero-order valence-electron chi connectivity index (χ0n) is 15.0. The molecule has 142 valence electrons. The van der Waals surface area contributed by atoms with Crippen molar-refractivity contribution in [2.24, 2.45) is 5.92 Å². The monoisotopic (exact) mass is 388 g/mol. The van der Waals surface area contributed by atoms with Gasteiger partial charge in [-0.3, -0.25) is 9.10 Å². The van der Waals surface area contributed by atoms with E-state index < -0.39 is 20.7 Å². The summed E-state index contributed by atoms with van der Waals surface area (Å²) < 4.78 is 36.7. The highest BCUT2D eigenvalue weighted by atomic mass is 32.2. The molecule has 27 heavy (non-hydrogen) atoms. The van der Waals surface area contributed by atoms with Crippen LogP contribution in [0.25, 0.3) is 0 Å². The lowest BCUT2D eigenvalue weighted by Gasteiger charge is -2.23. The predicted molar refractivity (Wildman–Crippen MR) is 102 cm³/mol. The van der Waals surface area contributed by atoms with Gasteiger partial charge in [-0.1, -0.05) is 18.2 Å². The van der Waals surface area contributed by atoms with Crippen LogP contribution in [0.4, 0.5) is 11.4 Å². The topological polar surface area (TPSA) is 84.9 Å². The Kier molecular flexibility index (Phi) is 4.03. The molecule has 1 aliphatic carbocycles. The van der Waals surface area contributed by atoms with Crippen LogP contribution in [0, 0.1) is 5.92 Å². The van der Waals surface area contributed by atoms with Gasteiger partial charge in [0.15, 0.2) is 4.75 Å². The van der Waals surface area contributed by atoms with Gasteiger partial charge in [-0.25, -0.2) is 8.42 Å². The standard InChI is InChI=1S/C19H20N2O5S/c1-25-15-8-9-16(17(10-15)26-2)20-18(22)19-11-13(19)12-21(27(19,23)24)14-6-4-3-5-7-14/h3-10,13H,11-12H2,1-2H3,(H,20,22)/t13-,19+/m0/s1. The van der Waals surface area contributed by atoms with Crippen molar-refractivity contribution < 1.29 is 22.7 Å². The Bertz CT molecular complexity index is 992. The third-order valence-electron chi connectivity index (χ3n) is 5.27. The molecule has 1 saturated heterocycles. The SMILES string of the molecule is COc1ccc(NC(=O)[C@@]23C[C@H]2CN(c2ccccc2)S3(=O)=O)c(OC)c1. The maximum Gasteiger partial charge on any atom is 0.250 e. The van der Waals surface area contributed by atoms with Gasteiger partial charge >= 0.3 is 0 Å². The molecule has 1 saturated carbocycles. The Morgan fingerprint density at radius 3 is 2.56 bits per heavy atom. The summed E-state index contributed by atoms with van der Waals surface area (Å²) in [6.45, 7) is 0.319. The molecule has 1 amide bonds. The molecule has 1 N–H and O–H groups in total. The second-order valence-electron chi connectivity index (χ2n) is 6.68. The highest BCUT2D eigenvalue weighted by Gasteiger charge is 2.75. The van der Waals surface area contributed by atoms with Gasteiger partial charge in [-0.05, 0) is 30.7 Å². The van der Waals surface area contributed by atoms with Crippen molar-refractivity contribution in [3.8, 4) is 11.5 Å². The molecule has 0 aromatic heterocycles. The van der Waals surface area contributed by atoms with Crippen molar-refractivity contribution in [3.63, 3.8) is 0 Å². The molecular weight excluding hydrogens is 368 g/mol. The van der Waals surface area contributed by atoms with Gasteiger partial charge in [0.25, 0.3) is 0 Å². The molecule has 0 bridgehead atoms. The maximum atomic E-state index is 13.2. The third-order valence-corrected chi connectivity index (χ3v) is 7.82. The van der Waals surface area contributed by atoms with Crippen molar-refractivity contribution in [3.05, 3.63) is 48.5 Å². The Morgan fingerprint density at radius 1 is 1.15 bits per heavy atom. The number of nitrogens with zero attached hydrogens (tertiary/aromatic N) is 1. The van der Waals surface area contributed by atoms with E-state index in [1.165, 1.54) is 18.5 Å². The van der Waals surface area contributed by atoms with Gasteiger partial charge in [-0.2, -0.15) is 0 Å². The number of hydrogen-bond donors (Lipinski definition) is 1. The van der Waals surface area contributed by atoms with E-state index >= 15 is 0 Å². The van der Waals surface area contributed by atoms with Crippen LogP contribution in [0.2, 0.25) is 0 Å². The molecule has 8 heteroatoms. The van der Waals surface area contributed by atoms with Gasteiger partial charge in [0.05, 0.1) is 25.6 Å². The van der Waals surface area contributed by atoms with Crippen molar-refractivity contribution in [1.29, 1.82) is 0 Å². The fraction of sp³-hybridized carbons (Fsp3) is 0.316. The molecule has 4 rings (SSSR count). The number of para-hydroxylation sites is 1. The summed E-state index contributed by atoms with van der Waals surface area (Å²) in [6.07, 6.45) is 0.336. The van der Waals surface area contributed by atoms with Gasteiger partial charge < -0.3 is 14.8 Å². The third kappa shape index (κ3) is 2.55. The van der Waals surface area contributed by atoms with Crippen molar-refractivity contribution in [2.45, 2.75) is 11.2 Å². The van der Waals surface area contributed by atoms with Crippen LogP contribution in [0.1, 0.15) is 6.42 Å². The van der Waals surface area contributed by atoms with E-state index in [0.29, 0.717) is 35.8 Å². The smallest absolute Gasteiger partial charge is 0.250 e. The molecule has 2 aliphatic rings. The fourth-order valence-electron chi connectivity index (χ4n) is 3.69. The molecule has 1 heterocycles. The number of benzene rings is 2. The van der Waals surface area contributed by atoms with Crippen LogP contribution in [-0.2, 0) is 14.8 Å². The molecule has 0 spiro atoms. The van der Waals surface area contributed by atoms with Crippen molar-refractivity contribution >= 4 is 27.3 Å². The average Bonchev–Trinajstić information content (AvgIpc) is 3.38. The molecule has 1 aliphatic heterocycles. The molecule has 2 aromatic rings. The van der Waals surface area contributed by atoms with E-state index in [-0.39, 0.29) is 5.92 Å². The second-order valence-corrected chi connectivity index (χ2v) is 8.80. The number of rotatable bonds is 5. The lowest BCUT2D eigenvalue weighted by molar-refractivity contribution is -0.116. The van der Waals surface area contributed by atoms with E-state index in [4.69, 9.17) is 9.47 Å². The van der Waals surface area contributed by atoms with Gasteiger partial charge in [0.1, 0.15) is 11.5 Å². The van der Waals surface area contributed by atoms with Crippen LogP contribution in [0.15, 0.2) is 48.5 Å². The minimum atomic E-state index is -3.80. The largest absolute Gasteiger partial charge is 0.497 e. The molecule has 2 fully saturated rings. The summed E-state index contributed by atoms with van der Waals surface area (Å²) in [7, 11) is -0.792. The van der Waals surface area contributed by atoms with Crippen LogP contribution >= 0.6 is 0 Å². The van der Waals surface area contributed by atoms with E-state index in [1.54, 1.807) is 42.5 Å². The number of nitrogens with one attached hydrogen (secondary N) is 1. The summed E-state index contributed by atoms with van der Waals surface area (Å²) in [5, 5.41) is 2.74. The van der Waals surface area contributed by atoms with E-state index in [2.05, 4.69) is 5.32 Å². The summed E-state index contributed by atoms with van der Waals surface area (Å²) in [5.41, 5.74) is 0.996. The summed E-state index contributed by atoms with van der Waals surface area (Å²) in [4.78, 5) is 13.0. The van der Waals surface area contributed by atoms with Gasteiger partial charge in [-0.15, -0.1) is 0 Å². The number of ether oxygens (including phenoxy) is 2. The van der Waals surface area contributed by atoms with Gasteiger partial charge in [0.2, 0.25) is 15.9 Å². The lowest BCUT2D eigenvalue weighted by Crippen LogP contribution is -2.42. The summed E-state index contributed by atoms with van der Waals surface area (Å²) in [6, 6.07) is 13.8. The molecular formula is C19H20N2O5S. The molecule has 7 nitrogen and oxygen atoms in total. The number of fused-ring (bicyclic) bond motifs is 1.